The molecular weight excluding hydrogens is 326 g/mol. The van der Waals surface area contributed by atoms with Gasteiger partial charge in [0.1, 0.15) is 5.69 Å². The van der Waals surface area contributed by atoms with Crippen LogP contribution < -0.4 is 5.32 Å². The van der Waals surface area contributed by atoms with Gasteiger partial charge in [-0.15, -0.1) is 5.10 Å². The first kappa shape index (κ1) is 13.2. The molecule has 7 nitrogen and oxygen atoms in total. The summed E-state index contributed by atoms with van der Waals surface area (Å²) in [7, 11) is 0. The molecule has 2 aromatic rings. The Bertz CT molecular complexity index is 653. The number of halogens is 1. The van der Waals surface area contributed by atoms with Gasteiger partial charge >= 0.3 is 0 Å². The second kappa shape index (κ2) is 5.29. The van der Waals surface area contributed by atoms with Gasteiger partial charge in [0.2, 0.25) is 0 Å². The van der Waals surface area contributed by atoms with Crippen LogP contribution in [0.25, 0.3) is 5.69 Å². The molecule has 8 heteroatoms. The highest BCUT2D eigenvalue weighted by Gasteiger charge is 2.21. The second-order valence-electron chi connectivity index (χ2n) is 4.70. The van der Waals surface area contributed by atoms with E-state index in [1.165, 1.54) is 23.6 Å². The fourth-order valence-corrected chi connectivity index (χ4v) is 2.22. The third-order valence-electron chi connectivity index (χ3n) is 3.07. The molecule has 1 N–H and O–H groups in total. The molecule has 0 saturated heterocycles. The van der Waals surface area contributed by atoms with E-state index in [4.69, 9.17) is 0 Å². The van der Waals surface area contributed by atoms with Gasteiger partial charge in [0.05, 0.1) is 16.8 Å². The normalized spacial score (nSPS) is 14.4. The minimum absolute atomic E-state index is 0.00835. The van der Waals surface area contributed by atoms with Crippen molar-refractivity contribution in [2.75, 3.05) is 0 Å². The predicted molar refractivity (Wildman–Crippen MR) is 75.6 cm³/mol. The number of nitrogens with zero attached hydrogens (tertiary/aromatic N) is 4. The molecule has 0 amide bonds. The van der Waals surface area contributed by atoms with Crippen LogP contribution in [0.2, 0.25) is 0 Å². The van der Waals surface area contributed by atoms with E-state index in [0.717, 1.165) is 5.69 Å². The number of hydrogen-bond acceptors (Lipinski definition) is 5. The van der Waals surface area contributed by atoms with Gasteiger partial charge in [-0.3, -0.25) is 10.1 Å². The van der Waals surface area contributed by atoms with Gasteiger partial charge in [0, 0.05) is 23.1 Å². The zero-order valence-electron chi connectivity index (χ0n) is 10.5. The van der Waals surface area contributed by atoms with E-state index >= 15 is 0 Å². The zero-order valence-corrected chi connectivity index (χ0v) is 12.1. The molecule has 1 aromatic heterocycles. The second-order valence-corrected chi connectivity index (χ2v) is 5.62. The highest BCUT2D eigenvalue weighted by Crippen LogP contribution is 2.26. The molecule has 20 heavy (non-hydrogen) atoms. The van der Waals surface area contributed by atoms with Crippen LogP contribution in [0.3, 0.4) is 0 Å². The van der Waals surface area contributed by atoms with E-state index in [0.29, 0.717) is 22.7 Å². The highest BCUT2D eigenvalue weighted by atomic mass is 79.9. The standard InChI is InChI=1S/C12H12BrN5O2/c13-8-1-4-11(12(5-8)18(19)20)17-7-10(15-16-17)6-14-9-2-3-9/h1,4-5,7,9,14H,2-3,6H2. The molecule has 1 aromatic carbocycles. The summed E-state index contributed by atoms with van der Waals surface area (Å²) in [6, 6.07) is 5.43. The molecule has 0 radical (unpaired) electrons. The van der Waals surface area contributed by atoms with Crippen molar-refractivity contribution in [3.8, 4) is 5.69 Å². The SMILES string of the molecule is O=[N+]([O-])c1cc(Br)ccc1-n1cc(CNC2CC2)nn1. The molecule has 1 aliphatic carbocycles. The Morgan fingerprint density at radius 3 is 3.00 bits per heavy atom. The maximum absolute atomic E-state index is 11.1. The van der Waals surface area contributed by atoms with Crippen LogP contribution in [-0.2, 0) is 6.54 Å². The minimum Gasteiger partial charge on any atom is -0.308 e. The average molecular weight is 338 g/mol. The molecule has 104 valence electrons. The van der Waals surface area contributed by atoms with Gasteiger partial charge in [0.25, 0.3) is 5.69 Å². The number of aromatic nitrogens is 3. The van der Waals surface area contributed by atoms with E-state index in [-0.39, 0.29) is 5.69 Å². The Labute approximate surface area is 123 Å². The topological polar surface area (TPSA) is 85.9 Å². The number of nitro groups is 1. The smallest absolute Gasteiger partial charge is 0.296 e. The third kappa shape index (κ3) is 2.86. The number of benzene rings is 1. The lowest BCUT2D eigenvalue weighted by atomic mass is 10.2. The number of nitrogens with one attached hydrogen (secondary N) is 1. The molecule has 3 rings (SSSR count). The molecular formula is C12H12BrN5O2. The van der Waals surface area contributed by atoms with Crippen LogP contribution in [0.15, 0.2) is 28.9 Å². The van der Waals surface area contributed by atoms with Crippen molar-refractivity contribution in [2.24, 2.45) is 0 Å². The molecule has 0 spiro atoms. The summed E-state index contributed by atoms with van der Waals surface area (Å²) < 4.78 is 2.10. The third-order valence-corrected chi connectivity index (χ3v) is 3.56. The van der Waals surface area contributed by atoms with Crippen LogP contribution in [0.4, 0.5) is 5.69 Å². The molecule has 1 aliphatic rings. The Hall–Kier alpha value is -1.80. The van der Waals surface area contributed by atoms with E-state index in [1.54, 1.807) is 18.3 Å². The summed E-state index contributed by atoms with van der Waals surface area (Å²) in [5, 5.41) is 22.4. The van der Waals surface area contributed by atoms with Gasteiger partial charge in [-0.2, -0.15) is 0 Å². The number of hydrogen-bond donors (Lipinski definition) is 1. The molecule has 1 saturated carbocycles. The quantitative estimate of drug-likeness (QED) is 0.667. The summed E-state index contributed by atoms with van der Waals surface area (Å²) in [4.78, 5) is 10.7. The van der Waals surface area contributed by atoms with Crippen molar-refractivity contribution in [1.29, 1.82) is 0 Å². The van der Waals surface area contributed by atoms with Crippen molar-refractivity contribution < 1.29 is 4.92 Å². The largest absolute Gasteiger partial charge is 0.308 e. The Balaban J connectivity index is 1.86. The maximum atomic E-state index is 11.1. The summed E-state index contributed by atoms with van der Waals surface area (Å²) in [5.74, 6) is 0. The summed E-state index contributed by atoms with van der Waals surface area (Å²) >= 11 is 3.23. The lowest BCUT2D eigenvalue weighted by Gasteiger charge is -2.02. The van der Waals surface area contributed by atoms with E-state index < -0.39 is 4.92 Å². The van der Waals surface area contributed by atoms with Crippen molar-refractivity contribution in [2.45, 2.75) is 25.4 Å². The fraction of sp³-hybridized carbons (Fsp3) is 0.333. The first-order valence-corrected chi connectivity index (χ1v) is 7.02. The van der Waals surface area contributed by atoms with E-state index in [9.17, 15) is 10.1 Å². The van der Waals surface area contributed by atoms with Crippen LogP contribution in [0.5, 0.6) is 0 Å². The van der Waals surface area contributed by atoms with Gasteiger partial charge in [-0.05, 0) is 25.0 Å². The lowest BCUT2D eigenvalue weighted by Crippen LogP contribution is -2.15. The predicted octanol–water partition coefficient (Wildman–Crippen LogP) is 2.19. The molecule has 1 fully saturated rings. The summed E-state index contributed by atoms with van der Waals surface area (Å²) in [6.45, 7) is 0.634. The zero-order chi connectivity index (χ0) is 14.1. The van der Waals surface area contributed by atoms with Gasteiger partial charge in [-0.25, -0.2) is 4.68 Å². The molecule has 1 heterocycles. The Morgan fingerprint density at radius 1 is 1.50 bits per heavy atom. The Morgan fingerprint density at radius 2 is 2.30 bits per heavy atom. The van der Waals surface area contributed by atoms with Crippen LogP contribution in [0, 0.1) is 10.1 Å². The van der Waals surface area contributed by atoms with Crippen LogP contribution in [-0.4, -0.2) is 26.0 Å². The van der Waals surface area contributed by atoms with Gasteiger partial charge in [0.15, 0.2) is 0 Å². The fourth-order valence-electron chi connectivity index (χ4n) is 1.87. The molecule has 0 bridgehead atoms. The monoisotopic (exact) mass is 337 g/mol. The Kier molecular flexibility index (Phi) is 3.49. The first-order valence-electron chi connectivity index (χ1n) is 6.22. The number of rotatable bonds is 5. The van der Waals surface area contributed by atoms with Crippen molar-refractivity contribution >= 4 is 21.6 Å². The lowest BCUT2D eigenvalue weighted by molar-refractivity contribution is -0.384. The maximum Gasteiger partial charge on any atom is 0.296 e. The summed E-state index contributed by atoms with van der Waals surface area (Å²) in [5.41, 5.74) is 1.17. The van der Waals surface area contributed by atoms with Crippen molar-refractivity contribution in [3.05, 3.63) is 44.7 Å². The minimum atomic E-state index is -0.427. The highest BCUT2D eigenvalue weighted by molar-refractivity contribution is 9.10. The first-order chi connectivity index (χ1) is 9.63. The van der Waals surface area contributed by atoms with Gasteiger partial charge < -0.3 is 5.32 Å². The van der Waals surface area contributed by atoms with Crippen LogP contribution >= 0.6 is 15.9 Å². The summed E-state index contributed by atoms with van der Waals surface area (Å²) in [6.07, 6.45) is 4.12. The van der Waals surface area contributed by atoms with E-state index in [1.807, 2.05) is 0 Å². The van der Waals surface area contributed by atoms with Crippen molar-refractivity contribution in [1.82, 2.24) is 20.3 Å². The van der Waals surface area contributed by atoms with Crippen molar-refractivity contribution in [3.63, 3.8) is 0 Å². The molecule has 0 atom stereocenters. The average Bonchev–Trinajstić information content (AvgIpc) is 3.14. The molecule has 0 aliphatic heterocycles. The van der Waals surface area contributed by atoms with Crippen LogP contribution in [0.1, 0.15) is 18.5 Å². The molecule has 0 unspecified atom stereocenters. The number of nitro benzene ring substituents is 1. The van der Waals surface area contributed by atoms with Gasteiger partial charge in [-0.1, -0.05) is 21.1 Å². The van der Waals surface area contributed by atoms with E-state index in [2.05, 4.69) is 31.6 Å².